The maximum atomic E-state index is 14.7. The van der Waals surface area contributed by atoms with Gasteiger partial charge >= 0.3 is 0 Å². The second-order valence-electron chi connectivity index (χ2n) is 8.79. The van der Waals surface area contributed by atoms with Crippen molar-refractivity contribution in [2.24, 2.45) is 0 Å². The van der Waals surface area contributed by atoms with E-state index in [0.29, 0.717) is 0 Å². The molecule has 0 aliphatic carbocycles. The van der Waals surface area contributed by atoms with Gasteiger partial charge in [-0.15, -0.1) is 0 Å². The molecule has 3 heterocycles. The number of piperazine rings is 1. The fourth-order valence-corrected chi connectivity index (χ4v) is 4.65. The van der Waals surface area contributed by atoms with Gasteiger partial charge in [0.1, 0.15) is 29.9 Å². The number of nitrogens with zero attached hydrogens (tertiary/aromatic N) is 7. The molecular weight excluding hydrogens is 440 g/mol. The lowest BCUT2D eigenvalue weighted by atomic mass is 9.92. The van der Waals surface area contributed by atoms with E-state index in [-0.39, 0.29) is 18.7 Å². The van der Waals surface area contributed by atoms with Crippen molar-refractivity contribution in [3.05, 3.63) is 78.5 Å². The Balaban J connectivity index is 1.23. The van der Waals surface area contributed by atoms with Gasteiger partial charge in [0.25, 0.3) is 0 Å². The molecule has 8 nitrogen and oxygen atoms in total. The van der Waals surface area contributed by atoms with E-state index >= 15 is 0 Å². The van der Waals surface area contributed by atoms with E-state index in [9.17, 15) is 13.9 Å². The number of benzene rings is 2. The highest BCUT2D eigenvalue weighted by Crippen LogP contribution is 2.28. The molecule has 2 aromatic carbocycles. The number of hydrogen-bond acceptors (Lipinski definition) is 6. The van der Waals surface area contributed by atoms with E-state index in [1.807, 2.05) is 23.0 Å². The van der Waals surface area contributed by atoms with Crippen LogP contribution in [0.25, 0.3) is 10.9 Å². The molecule has 0 radical (unpaired) electrons. The molecule has 1 atom stereocenters. The Bertz CT molecular complexity index is 1240. The molecule has 0 amide bonds. The zero-order chi connectivity index (χ0) is 23.5. The molecular formula is C24H27F2N7O. The number of halogens is 2. The van der Waals surface area contributed by atoms with Crippen LogP contribution in [0.3, 0.4) is 0 Å². The Morgan fingerprint density at radius 1 is 0.912 bits per heavy atom. The molecule has 2 aromatic heterocycles. The molecule has 178 valence electrons. The average molecular weight is 468 g/mol. The molecule has 1 N–H and O–H groups in total. The van der Waals surface area contributed by atoms with Gasteiger partial charge in [0.15, 0.2) is 0 Å². The summed E-state index contributed by atoms with van der Waals surface area (Å²) in [5.41, 5.74) is -0.403. The lowest BCUT2D eigenvalue weighted by Crippen LogP contribution is -2.52. The van der Waals surface area contributed by atoms with Crippen LogP contribution in [-0.2, 0) is 18.7 Å². The fraction of sp³-hybridized carbons (Fsp3) is 0.375. The number of rotatable bonds is 8. The zero-order valence-corrected chi connectivity index (χ0v) is 18.8. The normalized spacial score (nSPS) is 17.3. The summed E-state index contributed by atoms with van der Waals surface area (Å²) in [5.74, 6) is -1.45. The monoisotopic (exact) mass is 467 g/mol. The van der Waals surface area contributed by atoms with Gasteiger partial charge in [-0.05, 0) is 12.1 Å². The first-order chi connectivity index (χ1) is 16.5. The van der Waals surface area contributed by atoms with Gasteiger partial charge in [-0.2, -0.15) is 10.2 Å². The predicted octanol–water partition coefficient (Wildman–Crippen LogP) is 2.11. The van der Waals surface area contributed by atoms with Crippen molar-refractivity contribution in [1.29, 1.82) is 0 Å². The summed E-state index contributed by atoms with van der Waals surface area (Å²) in [7, 11) is 0. The highest BCUT2D eigenvalue weighted by molar-refractivity contribution is 5.78. The van der Waals surface area contributed by atoms with Crippen molar-refractivity contribution in [2.75, 3.05) is 39.3 Å². The molecule has 0 saturated carbocycles. The summed E-state index contributed by atoms with van der Waals surface area (Å²) in [4.78, 5) is 8.39. The van der Waals surface area contributed by atoms with Crippen molar-refractivity contribution in [3.8, 4) is 0 Å². The van der Waals surface area contributed by atoms with Gasteiger partial charge in [0.05, 0.1) is 24.8 Å². The number of fused-ring (bicyclic) bond motifs is 1. The van der Waals surface area contributed by atoms with E-state index < -0.39 is 17.2 Å². The minimum atomic E-state index is -1.58. The number of para-hydroxylation sites is 1. The molecule has 10 heteroatoms. The van der Waals surface area contributed by atoms with Crippen molar-refractivity contribution >= 4 is 10.9 Å². The third-order valence-electron chi connectivity index (χ3n) is 6.45. The maximum absolute atomic E-state index is 14.7. The van der Waals surface area contributed by atoms with E-state index in [2.05, 4.69) is 37.1 Å². The Kier molecular flexibility index (Phi) is 6.36. The van der Waals surface area contributed by atoms with E-state index in [1.165, 1.54) is 29.5 Å². The topological polar surface area (TPSA) is 75.2 Å². The van der Waals surface area contributed by atoms with Gasteiger partial charge in [0, 0.05) is 56.3 Å². The summed E-state index contributed by atoms with van der Waals surface area (Å²) >= 11 is 0. The van der Waals surface area contributed by atoms with Gasteiger partial charge < -0.3 is 5.11 Å². The molecule has 4 aromatic rings. The molecule has 1 saturated heterocycles. The van der Waals surface area contributed by atoms with Crippen LogP contribution in [0.4, 0.5) is 8.78 Å². The number of β-amino-alcohol motifs (C(OH)–C–C–N with tert-alkyl or cyclic N) is 1. The summed E-state index contributed by atoms with van der Waals surface area (Å²) in [6.07, 6.45) is 4.73. The van der Waals surface area contributed by atoms with E-state index in [1.54, 1.807) is 0 Å². The molecule has 5 rings (SSSR count). The Morgan fingerprint density at radius 3 is 2.47 bits per heavy atom. The van der Waals surface area contributed by atoms with Crippen LogP contribution in [0.5, 0.6) is 0 Å². The maximum Gasteiger partial charge on any atom is 0.137 e. The average Bonchev–Trinajstić information content (AvgIpc) is 3.48. The first-order valence-corrected chi connectivity index (χ1v) is 11.4. The van der Waals surface area contributed by atoms with Crippen molar-refractivity contribution in [3.63, 3.8) is 0 Å². The van der Waals surface area contributed by atoms with Crippen molar-refractivity contribution < 1.29 is 13.9 Å². The molecule has 1 aliphatic heterocycles. The third kappa shape index (κ3) is 4.84. The van der Waals surface area contributed by atoms with Crippen LogP contribution < -0.4 is 0 Å². The molecule has 0 bridgehead atoms. The minimum absolute atomic E-state index is 0.0160. The van der Waals surface area contributed by atoms with E-state index in [0.717, 1.165) is 56.2 Å². The predicted molar refractivity (Wildman–Crippen MR) is 123 cm³/mol. The number of hydrogen-bond donors (Lipinski definition) is 1. The summed E-state index contributed by atoms with van der Waals surface area (Å²) in [6.45, 7) is 4.98. The van der Waals surface area contributed by atoms with Gasteiger partial charge in [-0.25, -0.2) is 18.4 Å². The molecule has 0 spiro atoms. The highest BCUT2D eigenvalue weighted by atomic mass is 19.1. The van der Waals surface area contributed by atoms with Crippen LogP contribution in [0.1, 0.15) is 5.56 Å². The lowest BCUT2D eigenvalue weighted by Gasteiger charge is -2.39. The van der Waals surface area contributed by atoms with Crippen LogP contribution in [0, 0.1) is 11.6 Å². The fourth-order valence-electron chi connectivity index (χ4n) is 4.65. The van der Waals surface area contributed by atoms with Crippen LogP contribution in [0.2, 0.25) is 0 Å². The van der Waals surface area contributed by atoms with Crippen molar-refractivity contribution in [2.45, 2.75) is 18.7 Å². The van der Waals surface area contributed by atoms with E-state index in [4.69, 9.17) is 0 Å². The largest absolute Gasteiger partial charge is 0.382 e. The van der Waals surface area contributed by atoms with Crippen LogP contribution in [0.15, 0.2) is 61.3 Å². The summed E-state index contributed by atoms with van der Waals surface area (Å²) in [5, 5.41) is 21.2. The first-order valence-electron chi connectivity index (χ1n) is 11.4. The quantitative estimate of drug-likeness (QED) is 0.428. The molecule has 1 aliphatic rings. The Hall–Kier alpha value is -3.21. The number of aliphatic hydroxyl groups is 1. The minimum Gasteiger partial charge on any atom is -0.382 e. The Morgan fingerprint density at radius 2 is 1.71 bits per heavy atom. The summed E-state index contributed by atoms with van der Waals surface area (Å²) in [6, 6.07) is 11.4. The van der Waals surface area contributed by atoms with Gasteiger partial charge in [-0.3, -0.25) is 14.5 Å². The van der Waals surface area contributed by atoms with Crippen molar-refractivity contribution in [1.82, 2.24) is 34.3 Å². The molecule has 34 heavy (non-hydrogen) atoms. The van der Waals surface area contributed by atoms with Gasteiger partial charge in [-0.1, -0.05) is 24.3 Å². The third-order valence-corrected chi connectivity index (χ3v) is 6.45. The molecule has 0 unspecified atom stereocenters. The Labute approximate surface area is 196 Å². The SMILES string of the molecule is O[C@](CN1CCN(CCn2ncc3ccccc32)CC1)(Cn1cncn1)c1ccc(F)cc1F. The first kappa shape index (κ1) is 22.6. The highest BCUT2D eigenvalue weighted by Gasteiger charge is 2.36. The van der Waals surface area contributed by atoms with Crippen LogP contribution in [-0.4, -0.2) is 78.7 Å². The molecule has 1 fully saturated rings. The standard InChI is InChI=1S/C24H27F2N7O/c25-20-5-6-21(22(26)13-20)24(34,16-32-18-27-17-29-32)15-31-9-7-30(8-10-31)11-12-33-23-4-2-1-3-19(23)14-28-33/h1-6,13-14,17-18,34H,7-12,15-16H2/t24-/m1/s1. The second kappa shape index (κ2) is 9.57. The number of aromatic nitrogens is 5. The smallest absolute Gasteiger partial charge is 0.137 e. The zero-order valence-electron chi connectivity index (χ0n) is 18.8. The second-order valence-corrected chi connectivity index (χ2v) is 8.79. The van der Waals surface area contributed by atoms with Gasteiger partial charge in [0.2, 0.25) is 0 Å². The lowest BCUT2D eigenvalue weighted by molar-refractivity contribution is -0.0320. The summed E-state index contributed by atoms with van der Waals surface area (Å²) < 4.78 is 31.6. The van der Waals surface area contributed by atoms with Crippen LogP contribution >= 0.6 is 0 Å².